The van der Waals surface area contributed by atoms with Gasteiger partial charge in [-0.2, -0.15) is 5.10 Å². The molecule has 0 unspecified atom stereocenters. The van der Waals surface area contributed by atoms with Crippen LogP contribution in [0.3, 0.4) is 0 Å². The number of amides is 3. The molecular weight excluding hydrogens is 472 g/mol. The highest BCUT2D eigenvalue weighted by Crippen LogP contribution is 2.21. The summed E-state index contributed by atoms with van der Waals surface area (Å²) in [7, 11) is 0. The van der Waals surface area contributed by atoms with Gasteiger partial charge < -0.3 is 10.1 Å². The van der Waals surface area contributed by atoms with E-state index in [0.717, 1.165) is 16.3 Å². The number of nitrogens with one attached hydrogen (secondary N) is 2. The van der Waals surface area contributed by atoms with Gasteiger partial charge in [0.05, 0.1) is 5.69 Å². The monoisotopic (exact) mass is 488 g/mol. The predicted octanol–water partition coefficient (Wildman–Crippen LogP) is 2.30. The van der Waals surface area contributed by atoms with Crippen LogP contribution in [0.5, 0.6) is 5.75 Å². The molecule has 1 fully saturated rings. The number of halogens is 1. The number of hydrogen-bond acceptors (Lipinski definition) is 6. The lowest BCUT2D eigenvalue weighted by Gasteiger charge is -2.30. The van der Waals surface area contributed by atoms with Crippen molar-refractivity contribution in [2.45, 2.75) is 6.92 Å². The van der Waals surface area contributed by atoms with Crippen molar-refractivity contribution in [3.05, 3.63) is 58.6 Å². The highest BCUT2D eigenvalue weighted by molar-refractivity contribution is 9.10. The standard InChI is InChI=1S/C20H17BrN4O4S/c1-12-5-7-14(8-6-12)25-19(28)16(18(27)23-20(25)30)10-22-24-17(26)11-29-15-4-2-3-13(21)9-15/h2-10,16H,11H2,1H3,(H,24,26)(H,23,27,30)/b22-10-/t16-/m0/s1. The summed E-state index contributed by atoms with van der Waals surface area (Å²) >= 11 is 8.44. The fourth-order valence-corrected chi connectivity index (χ4v) is 3.26. The van der Waals surface area contributed by atoms with E-state index >= 15 is 0 Å². The van der Waals surface area contributed by atoms with Crippen LogP contribution in [-0.2, 0) is 14.4 Å². The first-order valence-electron chi connectivity index (χ1n) is 8.81. The van der Waals surface area contributed by atoms with Crippen LogP contribution < -0.4 is 20.4 Å². The van der Waals surface area contributed by atoms with E-state index in [2.05, 4.69) is 31.8 Å². The van der Waals surface area contributed by atoms with Crippen LogP contribution in [0.25, 0.3) is 0 Å². The number of aryl methyl sites for hydroxylation is 1. The second kappa shape index (κ2) is 9.59. The summed E-state index contributed by atoms with van der Waals surface area (Å²) in [6, 6.07) is 14.1. The van der Waals surface area contributed by atoms with Crippen molar-refractivity contribution in [1.29, 1.82) is 0 Å². The van der Waals surface area contributed by atoms with Crippen LogP contribution in [-0.4, -0.2) is 35.7 Å². The van der Waals surface area contributed by atoms with Crippen LogP contribution in [0.1, 0.15) is 5.56 Å². The van der Waals surface area contributed by atoms with Gasteiger partial charge in [0, 0.05) is 10.7 Å². The number of hydrogen-bond donors (Lipinski definition) is 2. The van der Waals surface area contributed by atoms with Gasteiger partial charge in [0.1, 0.15) is 5.75 Å². The van der Waals surface area contributed by atoms with Gasteiger partial charge in [-0.3, -0.25) is 19.3 Å². The fraction of sp³-hybridized carbons (Fsp3) is 0.150. The second-order valence-electron chi connectivity index (χ2n) is 6.34. The molecule has 2 aromatic rings. The third-order valence-electron chi connectivity index (χ3n) is 4.07. The summed E-state index contributed by atoms with van der Waals surface area (Å²) in [6.45, 7) is 1.64. The quantitative estimate of drug-likeness (QED) is 0.281. The molecule has 3 amide bonds. The molecule has 8 nitrogen and oxygen atoms in total. The lowest BCUT2D eigenvalue weighted by atomic mass is 10.1. The number of carbonyl (C=O) groups is 3. The molecular formula is C20H17BrN4O4S. The molecule has 0 aliphatic carbocycles. The minimum Gasteiger partial charge on any atom is -0.484 e. The zero-order chi connectivity index (χ0) is 21.7. The Labute approximate surface area is 186 Å². The number of anilines is 1. The lowest BCUT2D eigenvalue weighted by molar-refractivity contribution is -0.130. The van der Waals surface area contributed by atoms with Crippen molar-refractivity contribution in [2.75, 3.05) is 11.5 Å². The van der Waals surface area contributed by atoms with Crippen molar-refractivity contribution in [1.82, 2.24) is 10.7 Å². The van der Waals surface area contributed by atoms with Crippen LogP contribution >= 0.6 is 28.1 Å². The van der Waals surface area contributed by atoms with E-state index < -0.39 is 23.6 Å². The Kier molecular flexibility index (Phi) is 6.91. The number of thiocarbonyl (C=S) groups is 1. The SMILES string of the molecule is Cc1ccc(N2C(=O)[C@@H](/C=N\NC(=O)COc3cccc(Br)c3)C(=O)NC2=S)cc1. The van der Waals surface area contributed by atoms with Gasteiger partial charge >= 0.3 is 0 Å². The van der Waals surface area contributed by atoms with Crippen LogP contribution in [0.15, 0.2) is 58.1 Å². The zero-order valence-corrected chi connectivity index (χ0v) is 18.2. The Morgan fingerprint density at radius 1 is 1.30 bits per heavy atom. The van der Waals surface area contributed by atoms with E-state index in [1.807, 2.05) is 25.1 Å². The molecule has 0 saturated carbocycles. The van der Waals surface area contributed by atoms with Gasteiger partial charge in [0.2, 0.25) is 5.91 Å². The summed E-state index contributed by atoms with van der Waals surface area (Å²) in [5.74, 6) is -2.44. The van der Waals surface area contributed by atoms with Crippen molar-refractivity contribution in [3.8, 4) is 5.75 Å². The highest BCUT2D eigenvalue weighted by Gasteiger charge is 2.38. The van der Waals surface area contributed by atoms with Gasteiger partial charge in [0.25, 0.3) is 11.8 Å². The van der Waals surface area contributed by atoms with E-state index in [1.165, 1.54) is 4.90 Å². The van der Waals surface area contributed by atoms with Gasteiger partial charge in [-0.05, 0) is 49.5 Å². The maximum Gasteiger partial charge on any atom is 0.277 e. The average Bonchev–Trinajstić information content (AvgIpc) is 2.70. The Morgan fingerprint density at radius 2 is 2.03 bits per heavy atom. The van der Waals surface area contributed by atoms with Gasteiger partial charge in [-0.25, -0.2) is 5.43 Å². The number of hydrazone groups is 1. The van der Waals surface area contributed by atoms with Gasteiger partial charge in [-0.1, -0.05) is 39.7 Å². The summed E-state index contributed by atoms with van der Waals surface area (Å²) in [5, 5.41) is 6.20. The lowest BCUT2D eigenvalue weighted by Crippen LogP contribution is -2.58. The van der Waals surface area contributed by atoms with Crippen molar-refractivity contribution >= 4 is 62.9 Å². The Bertz CT molecular complexity index is 1030. The molecule has 1 heterocycles. The molecule has 0 radical (unpaired) electrons. The summed E-state index contributed by atoms with van der Waals surface area (Å²) in [6.07, 6.45) is 1.07. The Balaban J connectivity index is 1.61. The fourth-order valence-electron chi connectivity index (χ4n) is 2.58. The van der Waals surface area contributed by atoms with Gasteiger partial charge in [-0.15, -0.1) is 0 Å². The van der Waals surface area contributed by atoms with E-state index in [9.17, 15) is 14.4 Å². The molecule has 10 heteroatoms. The largest absolute Gasteiger partial charge is 0.484 e. The molecule has 1 atom stereocenters. The van der Waals surface area contributed by atoms with Crippen molar-refractivity contribution < 1.29 is 19.1 Å². The van der Waals surface area contributed by atoms with Crippen LogP contribution in [0.4, 0.5) is 5.69 Å². The molecule has 154 valence electrons. The van der Waals surface area contributed by atoms with Crippen molar-refractivity contribution in [3.63, 3.8) is 0 Å². The summed E-state index contributed by atoms with van der Waals surface area (Å²) in [5.41, 5.74) is 3.79. The number of benzene rings is 2. The number of carbonyl (C=O) groups excluding carboxylic acids is 3. The molecule has 1 aliphatic heterocycles. The molecule has 2 N–H and O–H groups in total. The molecule has 0 bridgehead atoms. The highest BCUT2D eigenvalue weighted by atomic mass is 79.9. The smallest absolute Gasteiger partial charge is 0.277 e. The number of ether oxygens (including phenoxy) is 1. The van der Waals surface area contributed by atoms with Crippen LogP contribution in [0, 0.1) is 12.8 Å². The topological polar surface area (TPSA) is 100 Å². The zero-order valence-electron chi connectivity index (χ0n) is 15.8. The molecule has 1 saturated heterocycles. The first-order chi connectivity index (χ1) is 14.3. The first kappa shape index (κ1) is 21.6. The minimum atomic E-state index is -1.23. The number of rotatable bonds is 6. The molecule has 1 aliphatic rings. The third kappa shape index (κ3) is 5.28. The second-order valence-corrected chi connectivity index (χ2v) is 7.64. The van der Waals surface area contributed by atoms with E-state index in [0.29, 0.717) is 11.4 Å². The number of nitrogens with zero attached hydrogens (tertiary/aromatic N) is 2. The maximum absolute atomic E-state index is 12.8. The molecule has 0 spiro atoms. The summed E-state index contributed by atoms with van der Waals surface area (Å²) < 4.78 is 6.16. The first-order valence-corrected chi connectivity index (χ1v) is 10.0. The summed E-state index contributed by atoms with van der Waals surface area (Å²) in [4.78, 5) is 38.1. The average molecular weight is 489 g/mol. The Morgan fingerprint density at radius 3 is 2.73 bits per heavy atom. The van der Waals surface area contributed by atoms with Crippen molar-refractivity contribution in [2.24, 2.45) is 11.0 Å². The maximum atomic E-state index is 12.8. The molecule has 2 aromatic carbocycles. The normalized spacial score (nSPS) is 16.5. The van der Waals surface area contributed by atoms with E-state index in [4.69, 9.17) is 17.0 Å². The minimum absolute atomic E-state index is 0.00930. The van der Waals surface area contributed by atoms with E-state index in [-0.39, 0.29) is 11.7 Å². The van der Waals surface area contributed by atoms with Gasteiger partial charge in [0.15, 0.2) is 17.6 Å². The molecule has 0 aromatic heterocycles. The Hall–Kier alpha value is -3.11. The van der Waals surface area contributed by atoms with E-state index in [1.54, 1.807) is 30.3 Å². The molecule has 30 heavy (non-hydrogen) atoms. The van der Waals surface area contributed by atoms with Crippen LogP contribution in [0.2, 0.25) is 0 Å². The predicted molar refractivity (Wildman–Crippen MR) is 119 cm³/mol. The third-order valence-corrected chi connectivity index (χ3v) is 4.85. The molecule has 3 rings (SSSR count).